The highest BCUT2D eigenvalue weighted by Crippen LogP contribution is 2.23. The van der Waals surface area contributed by atoms with Crippen LogP contribution in [0.4, 0.5) is 0 Å². The summed E-state index contributed by atoms with van der Waals surface area (Å²) in [5, 5.41) is 13.2. The Bertz CT molecular complexity index is 683. The van der Waals surface area contributed by atoms with E-state index in [1.54, 1.807) is 26.3 Å². The summed E-state index contributed by atoms with van der Waals surface area (Å²) < 4.78 is 6.33. The molecule has 0 unspecified atom stereocenters. The van der Waals surface area contributed by atoms with Crippen molar-refractivity contribution < 1.29 is 4.74 Å². The number of rotatable bonds is 2. The Morgan fingerprint density at radius 2 is 2.17 bits per heavy atom. The molecule has 0 atom stereocenters. The standard InChI is InChI=1S/C13H11N3O2/c1-16-12(17)7-10(8-14)13(15-16)9-4-3-5-11(6-9)18-2/h3-7H,1-2H3. The first-order valence-electron chi connectivity index (χ1n) is 5.28. The van der Waals surface area contributed by atoms with Gasteiger partial charge in [-0.3, -0.25) is 4.79 Å². The van der Waals surface area contributed by atoms with E-state index in [1.807, 2.05) is 18.2 Å². The predicted octanol–water partition coefficient (Wildman–Crippen LogP) is 1.33. The van der Waals surface area contributed by atoms with Crippen molar-refractivity contribution >= 4 is 0 Å². The number of benzene rings is 1. The number of nitriles is 1. The molecule has 0 saturated carbocycles. The van der Waals surface area contributed by atoms with E-state index < -0.39 is 0 Å². The van der Waals surface area contributed by atoms with Gasteiger partial charge in [0.1, 0.15) is 17.5 Å². The van der Waals surface area contributed by atoms with Crippen LogP contribution in [0.2, 0.25) is 0 Å². The monoisotopic (exact) mass is 241 g/mol. The molecule has 0 radical (unpaired) electrons. The molecule has 1 aromatic carbocycles. The maximum Gasteiger partial charge on any atom is 0.267 e. The molecule has 0 aliphatic carbocycles. The number of ether oxygens (including phenoxy) is 1. The summed E-state index contributed by atoms with van der Waals surface area (Å²) in [6.07, 6.45) is 0. The molecule has 0 fully saturated rings. The highest BCUT2D eigenvalue weighted by Gasteiger charge is 2.10. The van der Waals surface area contributed by atoms with Gasteiger partial charge in [0.25, 0.3) is 5.56 Å². The summed E-state index contributed by atoms with van der Waals surface area (Å²) >= 11 is 0. The second-order valence-electron chi connectivity index (χ2n) is 3.71. The van der Waals surface area contributed by atoms with E-state index in [0.717, 1.165) is 5.56 Å². The van der Waals surface area contributed by atoms with Crippen LogP contribution in [0.1, 0.15) is 5.56 Å². The lowest BCUT2D eigenvalue weighted by Crippen LogP contribution is -2.20. The Balaban J connectivity index is 2.66. The van der Waals surface area contributed by atoms with E-state index in [2.05, 4.69) is 5.10 Å². The van der Waals surface area contributed by atoms with Gasteiger partial charge < -0.3 is 4.74 Å². The normalized spacial score (nSPS) is 9.83. The van der Waals surface area contributed by atoms with E-state index in [0.29, 0.717) is 11.4 Å². The second kappa shape index (κ2) is 4.72. The molecule has 5 heteroatoms. The van der Waals surface area contributed by atoms with Gasteiger partial charge in [0.2, 0.25) is 0 Å². The van der Waals surface area contributed by atoms with Gasteiger partial charge in [0.15, 0.2) is 0 Å². The van der Waals surface area contributed by atoms with Crippen LogP contribution < -0.4 is 10.3 Å². The third-order valence-electron chi connectivity index (χ3n) is 2.56. The van der Waals surface area contributed by atoms with Crippen molar-refractivity contribution in [3.05, 3.63) is 46.2 Å². The molecular weight excluding hydrogens is 230 g/mol. The molecule has 0 amide bonds. The van der Waals surface area contributed by atoms with Crippen molar-refractivity contribution in [2.24, 2.45) is 7.05 Å². The third kappa shape index (κ3) is 2.09. The lowest BCUT2D eigenvalue weighted by atomic mass is 10.1. The molecule has 2 aromatic rings. The minimum atomic E-state index is -0.307. The first-order valence-corrected chi connectivity index (χ1v) is 5.28. The maximum absolute atomic E-state index is 11.4. The molecule has 18 heavy (non-hydrogen) atoms. The van der Waals surface area contributed by atoms with Crippen LogP contribution in [0.25, 0.3) is 11.3 Å². The van der Waals surface area contributed by atoms with Gasteiger partial charge in [-0.05, 0) is 12.1 Å². The highest BCUT2D eigenvalue weighted by molar-refractivity contribution is 5.67. The second-order valence-corrected chi connectivity index (χ2v) is 3.71. The molecule has 0 spiro atoms. The minimum absolute atomic E-state index is 0.256. The quantitative estimate of drug-likeness (QED) is 0.795. The van der Waals surface area contributed by atoms with E-state index in [1.165, 1.54) is 10.7 Å². The fourth-order valence-corrected chi connectivity index (χ4v) is 1.61. The van der Waals surface area contributed by atoms with Gasteiger partial charge in [-0.25, -0.2) is 4.68 Å². The molecule has 5 nitrogen and oxygen atoms in total. The summed E-state index contributed by atoms with van der Waals surface area (Å²) in [6.45, 7) is 0. The number of hydrogen-bond acceptors (Lipinski definition) is 4. The third-order valence-corrected chi connectivity index (χ3v) is 2.56. The fourth-order valence-electron chi connectivity index (χ4n) is 1.61. The highest BCUT2D eigenvalue weighted by atomic mass is 16.5. The van der Waals surface area contributed by atoms with Gasteiger partial charge in [-0.1, -0.05) is 12.1 Å². The van der Waals surface area contributed by atoms with Crippen LogP contribution in [-0.2, 0) is 7.05 Å². The van der Waals surface area contributed by atoms with Crippen LogP contribution in [0.3, 0.4) is 0 Å². The molecular formula is C13H11N3O2. The first kappa shape index (κ1) is 11.9. The number of aromatic nitrogens is 2. The van der Waals surface area contributed by atoms with Crippen LogP contribution in [0.15, 0.2) is 35.1 Å². The zero-order valence-electron chi connectivity index (χ0n) is 10.0. The Morgan fingerprint density at radius 1 is 1.39 bits per heavy atom. The predicted molar refractivity (Wildman–Crippen MR) is 66.2 cm³/mol. The molecule has 0 bridgehead atoms. The topological polar surface area (TPSA) is 67.9 Å². The lowest BCUT2D eigenvalue weighted by molar-refractivity contribution is 0.415. The number of aryl methyl sites for hydroxylation is 1. The summed E-state index contributed by atoms with van der Waals surface area (Å²) in [7, 11) is 3.12. The smallest absolute Gasteiger partial charge is 0.267 e. The average molecular weight is 241 g/mol. The zero-order chi connectivity index (χ0) is 13.1. The Labute approximate surface area is 104 Å². The zero-order valence-corrected chi connectivity index (χ0v) is 10.0. The maximum atomic E-state index is 11.4. The van der Waals surface area contributed by atoms with E-state index >= 15 is 0 Å². The summed E-state index contributed by atoms with van der Waals surface area (Å²) in [5.74, 6) is 0.673. The van der Waals surface area contributed by atoms with Crippen LogP contribution in [0, 0.1) is 11.3 Å². The van der Waals surface area contributed by atoms with Crippen molar-refractivity contribution in [3.63, 3.8) is 0 Å². The fraction of sp³-hybridized carbons (Fsp3) is 0.154. The van der Waals surface area contributed by atoms with Gasteiger partial charge in [-0.15, -0.1) is 0 Å². The van der Waals surface area contributed by atoms with Crippen LogP contribution >= 0.6 is 0 Å². The van der Waals surface area contributed by atoms with Crippen molar-refractivity contribution in [2.75, 3.05) is 7.11 Å². The van der Waals surface area contributed by atoms with Gasteiger partial charge in [0, 0.05) is 18.7 Å². The van der Waals surface area contributed by atoms with Gasteiger partial charge >= 0.3 is 0 Å². The van der Waals surface area contributed by atoms with Crippen molar-refractivity contribution in [1.29, 1.82) is 5.26 Å². The number of methoxy groups -OCH3 is 1. The summed E-state index contributed by atoms with van der Waals surface area (Å²) in [6, 6.07) is 10.5. The van der Waals surface area contributed by atoms with E-state index in [4.69, 9.17) is 10.00 Å². The minimum Gasteiger partial charge on any atom is -0.497 e. The lowest BCUT2D eigenvalue weighted by Gasteiger charge is -2.06. The summed E-state index contributed by atoms with van der Waals surface area (Å²) in [5.41, 5.74) is 1.16. The van der Waals surface area contributed by atoms with Gasteiger partial charge in [-0.2, -0.15) is 10.4 Å². The average Bonchev–Trinajstić information content (AvgIpc) is 2.41. The largest absolute Gasteiger partial charge is 0.497 e. The first-order chi connectivity index (χ1) is 8.65. The van der Waals surface area contributed by atoms with E-state index in [-0.39, 0.29) is 11.1 Å². The molecule has 0 aliphatic heterocycles. The van der Waals surface area contributed by atoms with Crippen LogP contribution in [-0.4, -0.2) is 16.9 Å². The van der Waals surface area contributed by atoms with Gasteiger partial charge in [0.05, 0.1) is 12.7 Å². The van der Waals surface area contributed by atoms with Crippen molar-refractivity contribution in [2.45, 2.75) is 0 Å². The Morgan fingerprint density at radius 3 is 2.83 bits per heavy atom. The Kier molecular flexibility index (Phi) is 3.11. The molecule has 90 valence electrons. The van der Waals surface area contributed by atoms with Crippen LogP contribution in [0.5, 0.6) is 5.75 Å². The molecule has 0 saturated heterocycles. The molecule has 1 heterocycles. The molecule has 0 N–H and O–H groups in total. The molecule has 0 aliphatic rings. The molecule has 1 aromatic heterocycles. The van der Waals surface area contributed by atoms with Crippen molar-refractivity contribution in [3.8, 4) is 23.1 Å². The summed E-state index contributed by atoms with van der Waals surface area (Å²) in [4.78, 5) is 11.4. The van der Waals surface area contributed by atoms with Crippen molar-refractivity contribution in [1.82, 2.24) is 9.78 Å². The van der Waals surface area contributed by atoms with E-state index in [9.17, 15) is 4.79 Å². The number of hydrogen-bond donors (Lipinski definition) is 0. The number of nitrogens with zero attached hydrogens (tertiary/aromatic N) is 3. The Hall–Kier alpha value is -2.61. The SMILES string of the molecule is COc1cccc(-c2nn(C)c(=O)cc2C#N)c1. The molecule has 2 rings (SSSR count).